The molecule has 0 amide bonds. The summed E-state index contributed by atoms with van der Waals surface area (Å²) in [6.07, 6.45) is 0. The van der Waals surface area contributed by atoms with Crippen LogP contribution in [-0.2, 0) is 0 Å². The second-order valence-electron chi connectivity index (χ2n) is 3.84. The Morgan fingerprint density at radius 2 is 1.95 bits per heavy atom. The van der Waals surface area contributed by atoms with Gasteiger partial charge >= 0.3 is 0 Å². The van der Waals surface area contributed by atoms with Gasteiger partial charge in [0.1, 0.15) is 11.5 Å². The molecule has 2 rings (SSSR count). The Hall–Kier alpha value is -1.27. The van der Waals surface area contributed by atoms with Crippen LogP contribution < -0.4 is 20.7 Å². The van der Waals surface area contributed by atoms with E-state index in [0.29, 0.717) is 5.02 Å². The van der Waals surface area contributed by atoms with Crippen LogP contribution in [0.4, 0.5) is 0 Å². The number of benzene rings is 1. The van der Waals surface area contributed by atoms with E-state index in [9.17, 15) is 0 Å². The van der Waals surface area contributed by atoms with Crippen molar-refractivity contribution in [1.82, 2.24) is 5.43 Å². The van der Waals surface area contributed by atoms with Crippen LogP contribution in [0.1, 0.15) is 16.5 Å². The van der Waals surface area contributed by atoms with Crippen LogP contribution in [0.25, 0.3) is 0 Å². The van der Waals surface area contributed by atoms with Crippen molar-refractivity contribution in [2.75, 3.05) is 14.2 Å². The third kappa shape index (κ3) is 2.84. The molecule has 2 aromatic rings. The van der Waals surface area contributed by atoms with Crippen LogP contribution in [0.3, 0.4) is 0 Å². The second kappa shape index (κ2) is 6.25. The van der Waals surface area contributed by atoms with Crippen molar-refractivity contribution in [3.8, 4) is 11.5 Å². The first kappa shape index (κ1) is 14.1. The van der Waals surface area contributed by atoms with Gasteiger partial charge < -0.3 is 9.47 Å². The van der Waals surface area contributed by atoms with E-state index in [4.69, 9.17) is 26.9 Å². The van der Waals surface area contributed by atoms with Crippen molar-refractivity contribution >= 4 is 22.9 Å². The zero-order valence-corrected chi connectivity index (χ0v) is 12.2. The molecule has 0 aliphatic carbocycles. The zero-order chi connectivity index (χ0) is 13.8. The molecule has 0 aliphatic rings. The average Bonchev–Trinajstić information content (AvgIpc) is 2.88. The van der Waals surface area contributed by atoms with E-state index in [1.54, 1.807) is 31.6 Å². The largest absolute Gasteiger partial charge is 0.496 e. The highest BCUT2D eigenvalue weighted by Crippen LogP contribution is 2.38. The van der Waals surface area contributed by atoms with Gasteiger partial charge in [-0.15, -0.1) is 11.3 Å². The fourth-order valence-corrected chi connectivity index (χ4v) is 3.04. The van der Waals surface area contributed by atoms with Crippen molar-refractivity contribution < 1.29 is 9.47 Å². The minimum Gasteiger partial charge on any atom is -0.496 e. The van der Waals surface area contributed by atoms with Crippen LogP contribution in [0, 0.1) is 0 Å². The number of nitrogens with two attached hydrogens (primary N) is 1. The maximum Gasteiger partial charge on any atom is 0.134 e. The van der Waals surface area contributed by atoms with Crippen LogP contribution in [0.2, 0.25) is 5.02 Å². The zero-order valence-electron chi connectivity index (χ0n) is 10.6. The van der Waals surface area contributed by atoms with Gasteiger partial charge in [0.25, 0.3) is 0 Å². The fraction of sp³-hybridized carbons (Fsp3) is 0.231. The highest BCUT2D eigenvalue weighted by molar-refractivity contribution is 7.10. The molecule has 1 unspecified atom stereocenters. The molecule has 0 bridgehead atoms. The summed E-state index contributed by atoms with van der Waals surface area (Å²) in [5, 5.41) is 2.58. The van der Waals surface area contributed by atoms with E-state index in [1.165, 1.54) is 0 Å². The summed E-state index contributed by atoms with van der Waals surface area (Å²) in [5.74, 6) is 7.21. The first-order valence-electron chi connectivity index (χ1n) is 5.62. The van der Waals surface area contributed by atoms with Gasteiger partial charge in [-0.3, -0.25) is 5.84 Å². The summed E-state index contributed by atoms with van der Waals surface area (Å²) < 4.78 is 10.7. The number of halogens is 1. The lowest BCUT2D eigenvalue weighted by molar-refractivity contribution is 0.396. The van der Waals surface area contributed by atoms with Gasteiger partial charge in [-0.05, 0) is 29.6 Å². The van der Waals surface area contributed by atoms with Crippen molar-refractivity contribution in [2.24, 2.45) is 5.84 Å². The number of hydrogen-bond acceptors (Lipinski definition) is 5. The summed E-state index contributed by atoms with van der Waals surface area (Å²) in [7, 11) is 3.25. The van der Waals surface area contributed by atoms with Gasteiger partial charge in [0.2, 0.25) is 0 Å². The minimum atomic E-state index is -0.233. The van der Waals surface area contributed by atoms with E-state index in [0.717, 1.165) is 21.9 Å². The molecular weight excluding hydrogens is 284 g/mol. The smallest absolute Gasteiger partial charge is 0.134 e. The number of thiophene rings is 1. The lowest BCUT2D eigenvalue weighted by Gasteiger charge is -2.19. The van der Waals surface area contributed by atoms with Crippen molar-refractivity contribution in [2.45, 2.75) is 6.04 Å². The maximum atomic E-state index is 6.06. The Bertz CT molecular complexity index is 559. The van der Waals surface area contributed by atoms with Gasteiger partial charge in [-0.1, -0.05) is 11.6 Å². The average molecular weight is 299 g/mol. The SMILES string of the molecule is COc1ccc(Cl)cc1C(NN)c1sccc1OC. The topological polar surface area (TPSA) is 56.5 Å². The van der Waals surface area contributed by atoms with E-state index in [-0.39, 0.29) is 6.04 Å². The number of ether oxygens (including phenoxy) is 2. The fourth-order valence-electron chi connectivity index (χ4n) is 1.93. The van der Waals surface area contributed by atoms with Gasteiger partial charge in [-0.25, -0.2) is 5.43 Å². The maximum absolute atomic E-state index is 6.06. The molecule has 0 aliphatic heterocycles. The molecule has 3 N–H and O–H groups in total. The highest BCUT2D eigenvalue weighted by atomic mass is 35.5. The molecular formula is C13H15ClN2O2S. The number of hydrazine groups is 1. The van der Waals surface area contributed by atoms with E-state index >= 15 is 0 Å². The number of rotatable bonds is 5. The molecule has 0 saturated heterocycles. The third-order valence-corrected chi connectivity index (χ3v) is 4.01. The summed E-state index contributed by atoms with van der Waals surface area (Å²) in [4.78, 5) is 0.977. The summed E-state index contributed by atoms with van der Waals surface area (Å²) in [6, 6.07) is 7.11. The quantitative estimate of drug-likeness (QED) is 0.658. The molecule has 102 valence electrons. The van der Waals surface area contributed by atoms with Crippen molar-refractivity contribution in [3.05, 3.63) is 45.1 Å². The van der Waals surface area contributed by atoms with Crippen LogP contribution >= 0.6 is 22.9 Å². The second-order valence-corrected chi connectivity index (χ2v) is 5.22. The summed E-state index contributed by atoms with van der Waals surface area (Å²) in [5.41, 5.74) is 3.66. The molecule has 1 aromatic heterocycles. The summed E-state index contributed by atoms with van der Waals surface area (Å²) >= 11 is 7.62. The van der Waals surface area contributed by atoms with Crippen molar-refractivity contribution in [1.29, 1.82) is 0 Å². The first-order chi connectivity index (χ1) is 9.21. The Morgan fingerprint density at radius 3 is 2.58 bits per heavy atom. The molecule has 0 fully saturated rings. The summed E-state index contributed by atoms with van der Waals surface area (Å²) in [6.45, 7) is 0. The van der Waals surface area contributed by atoms with Crippen LogP contribution in [0.5, 0.6) is 11.5 Å². The normalized spacial score (nSPS) is 12.2. The number of methoxy groups -OCH3 is 2. The predicted octanol–water partition coefficient (Wildman–Crippen LogP) is 2.97. The minimum absolute atomic E-state index is 0.233. The lowest BCUT2D eigenvalue weighted by atomic mass is 10.0. The van der Waals surface area contributed by atoms with Crippen LogP contribution in [0.15, 0.2) is 29.6 Å². The molecule has 0 spiro atoms. The van der Waals surface area contributed by atoms with Gasteiger partial charge in [0.05, 0.1) is 25.1 Å². The Balaban J connectivity index is 2.50. The first-order valence-corrected chi connectivity index (χ1v) is 6.88. The van der Waals surface area contributed by atoms with E-state index in [1.807, 2.05) is 23.6 Å². The molecule has 4 nitrogen and oxygen atoms in total. The van der Waals surface area contributed by atoms with Gasteiger partial charge in [0, 0.05) is 10.6 Å². The lowest BCUT2D eigenvalue weighted by Crippen LogP contribution is -2.28. The van der Waals surface area contributed by atoms with Gasteiger partial charge in [-0.2, -0.15) is 0 Å². The van der Waals surface area contributed by atoms with E-state index in [2.05, 4.69) is 5.43 Å². The Labute approximate surface area is 121 Å². The Morgan fingerprint density at radius 1 is 1.21 bits per heavy atom. The molecule has 1 atom stereocenters. The number of nitrogens with one attached hydrogen (secondary N) is 1. The predicted molar refractivity (Wildman–Crippen MR) is 78.0 cm³/mol. The number of hydrogen-bond donors (Lipinski definition) is 2. The van der Waals surface area contributed by atoms with Crippen molar-refractivity contribution in [3.63, 3.8) is 0 Å². The monoisotopic (exact) mass is 298 g/mol. The van der Waals surface area contributed by atoms with Crippen LogP contribution in [-0.4, -0.2) is 14.2 Å². The molecule has 6 heteroatoms. The third-order valence-electron chi connectivity index (χ3n) is 2.81. The van der Waals surface area contributed by atoms with E-state index < -0.39 is 0 Å². The van der Waals surface area contributed by atoms with Gasteiger partial charge in [0.15, 0.2) is 0 Å². The Kier molecular flexibility index (Phi) is 4.66. The molecule has 19 heavy (non-hydrogen) atoms. The highest BCUT2D eigenvalue weighted by Gasteiger charge is 2.22. The standard InChI is InChI=1S/C13H15ClN2O2S/c1-17-10-4-3-8(14)7-9(10)12(16-15)13-11(18-2)5-6-19-13/h3-7,12,16H,15H2,1-2H3. The molecule has 0 radical (unpaired) electrons. The molecule has 1 aromatic carbocycles. The molecule has 1 heterocycles. The molecule has 0 saturated carbocycles.